The van der Waals surface area contributed by atoms with Crippen molar-refractivity contribution in [3.63, 3.8) is 0 Å². The van der Waals surface area contributed by atoms with E-state index in [1.807, 2.05) is 32.0 Å². The van der Waals surface area contributed by atoms with Crippen molar-refractivity contribution in [3.8, 4) is 17.3 Å². The number of ether oxygens (including phenoxy) is 1. The quantitative estimate of drug-likeness (QED) is 0.732. The van der Waals surface area contributed by atoms with E-state index in [1.54, 1.807) is 18.5 Å². The Morgan fingerprint density at radius 1 is 1.14 bits per heavy atom. The second-order valence-corrected chi connectivity index (χ2v) is 4.60. The zero-order valence-corrected chi connectivity index (χ0v) is 11.7. The molecule has 0 saturated carbocycles. The predicted octanol–water partition coefficient (Wildman–Crippen LogP) is 2.98. The Hall–Kier alpha value is -2.76. The molecule has 0 spiro atoms. The maximum Gasteiger partial charge on any atom is 0.316 e. The fraction of sp³-hybridized carbons (Fsp3) is 0.200. The fourth-order valence-electron chi connectivity index (χ4n) is 1.86. The average molecular weight is 282 g/mol. The smallest absolute Gasteiger partial charge is 0.316 e. The molecule has 6 nitrogen and oxygen atoms in total. The standard InChI is InChI=1S/C15H14N4O2/c1-10-4-3-5-14(18-10)12-8-16-15(17-9-12)21-11(2)13-6-7-20-19-13/h3-9,11H,1-2H3. The van der Waals surface area contributed by atoms with Crippen molar-refractivity contribution in [2.45, 2.75) is 20.0 Å². The molecule has 3 aromatic heterocycles. The molecule has 1 atom stereocenters. The molecule has 0 N–H and O–H groups in total. The second kappa shape index (κ2) is 5.70. The number of hydrogen-bond acceptors (Lipinski definition) is 6. The van der Waals surface area contributed by atoms with Crippen LogP contribution in [0.2, 0.25) is 0 Å². The lowest BCUT2D eigenvalue weighted by atomic mass is 10.2. The van der Waals surface area contributed by atoms with Crippen molar-refractivity contribution < 1.29 is 9.26 Å². The number of aromatic nitrogens is 4. The van der Waals surface area contributed by atoms with E-state index in [0.717, 1.165) is 17.0 Å². The summed E-state index contributed by atoms with van der Waals surface area (Å²) in [5.74, 6) is 0. The molecule has 0 amide bonds. The zero-order valence-electron chi connectivity index (χ0n) is 11.7. The molecule has 0 aromatic carbocycles. The molecule has 106 valence electrons. The highest BCUT2D eigenvalue weighted by Gasteiger charge is 2.12. The van der Waals surface area contributed by atoms with Crippen molar-refractivity contribution in [1.29, 1.82) is 0 Å². The van der Waals surface area contributed by atoms with Crippen LogP contribution < -0.4 is 4.74 Å². The van der Waals surface area contributed by atoms with Crippen LogP contribution in [0.5, 0.6) is 6.01 Å². The third-order valence-electron chi connectivity index (χ3n) is 2.97. The van der Waals surface area contributed by atoms with Crippen LogP contribution in [0.15, 0.2) is 47.4 Å². The van der Waals surface area contributed by atoms with Crippen molar-refractivity contribution in [2.24, 2.45) is 0 Å². The van der Waals surface area contributed by atoms with Crippen molar-refractivity contribution in [1.82, 2.24) is 20.1 Å². The fourth-order valence-corrected chi connectivity index (χ4v) is 1.86. The molecule has 21 heavy (non-hydrogen) atoms. The second-order valence-electron chi connectivity index (χ2n) is 4.60. The molecule has 3 heterocycles. The molecule has 0 saturated heterocycles. The lowest BCUT2D eigenvalue weighted by Crippen LogP contribution is -2.06. The lowest BCUT2D eigenvalue weighted by Gasteiger charge is -2.10. The van der Waals surface area contributed by atoms with Gasteiger partial charge in [-0.3, -0.25) is 4.98 Å². The van der Waals surface area contributed by atoms with Gasteiger partial charge in [0.15, 0.2) is 0 Å². The molecule has 6 heteroatoms. The highest BCUT2D eigenvalue weighted by Crippen LogP contribution is 2.19. The molecule has 0 aliphatic carbocycles. The molecular formula is C15H14N4O2. The normalized spacial score (nSPS) is 12.1. The van der Waals surface area contributed by atoms with E-state index in [0.29, 0.717) is 11.7 Å². The monoisotopic (exact) mass is 282 g/mol. The average Bonchev–Trinajstić information content (AvgIpc) is 3.02. The predicted molar refractivity (Wildman–Crippen MR) is 75.5 cm³/mol. The minimum atomic E-state index is -0.272. The zero-order chi connectivity index (χ0) is 14.7. The van der Waals surface area contributed by atoms with E-state index in [4.69, 9.17) is 9.26 Å². The molecule has 0 aliphatic rings. The summed E-state index contributed by atoms with van der Waals surface area (Å²) in [6, 6.07) is 7.86. The molecule has 0 fully saturated rings. The Kier molecular flexibility index (Phi) is 3.59. The third kappa shape index (κ3) is 3.05. The van der Waals surface area contributed by atoms with E-state index in [9.17, 15) is 0 Å². The van der Waals surface area contributed by atoms with Gasteiger partial charge in [-0.15, -0.1) is 0 Å². The number of aryl methyl sites for hydroxylation is 1. The Bertz CT molecular complexity index is 711. The van der Waals surface area contributed by atoms with Gasteiger partial charge in [0.25, 0.3) is 0 Å². The highest BCUT2D eigenvalue weighted by atomic mass is 16.5. The van der Waals surface area contributed by atoms with E-state index < -0.39 is 0 Å². The largest absolute Gasteiger partial charge is 0.454 e. The van der Waals surface area contributed by atoms with Crippen LogP contribution in [0.4, 0.5) is 0 Å². The van der Waals surface area contributed by atoms with E-state index in [-0.39, 0.29) is 6.10 Å². The van der Waals surface area contributed by atoms with Gasteiger partial charge in [0.1, 0.15) is 18.1 Å². The summed E-state index contributed by atoms with van der Waals surface area (Å²) < 4.78 is 10.4. The van der Waals surface area contributed by atoms with Gasteiger partial charge >= 0.3 is 6.01 Å². The van der Waals surface area contributed by atoms with Crippen molar-refractivity contribution in [2.75, 3.05) is 0 Å². The van der Waals surface area contributed by atoms with Gasteiger partial charge in [0, 0.05) is 29.7 Å². The minimum absolute atomic E-state index is 0.272. The van der Waals surface area contributed by atoms with Crippen molar-refractivity contribution >= 4 is 0 Å². The topological polar surface area (TPSA) is 73.9 Å². The first-order chi connectivity index (χ1) is 10.2. The maximum atomic E-state index is 5.61. The van der Waals surface area contributed by atoms with Gasteiger partial charge < -0.3 is 9.26 Å². The molecule has 3 aromatic rings. The summed E-state index contributed by atoms with van der Waals surface area (Å²) >= 11 is 0. The Labute approximate surface area is 121 Å². The van der Waals surface area contributed by atoms with Gasteiger partial charge in [0.2, 0.25) is 0 Å². The first-order valence-electron chi connectivity index (χ1n) is 6.55. The molecule has 0 radical (unpaired) electrons. The van der Waals surface area contributed by atoms with Crippen LogP contribution in [0, 0.1) is 6.92 Å². The first kappa shape index (κ1) is 13.2. The van der Waals surface area contributed by atoms with Gasteiger partial charge in [-0.25, -0.2) is 9.97 Å². The van der Waals surface area contributed by atoms with Gasteiger partial charge in [-0.2, -0.15) is 0 Å². The SMILES string of the molecule is Cc1cccc(-c2cnc(OC(C)c3ccon3)nc2)n1. The van der Waals surface area contributed by atoms with Crippen LogP contribution in [-0.2, 0) is 0 Å². The Morgan fingerprint density at radius 3 is 2.62 bits per heavy atom. The molecule has 1 unspecified atom stereocenters. The highest BCUT2D eigenvalue weighted by molar-refractivity contribution is 5.56. The van der Waals surface area contributed by atoms with Gasteiger partial charge in [-0.1, -0.05) is 11.2 Å². The number of pyridine rings is 1. The summed E-state index contributed by atoms with van der Waals surface area (Å²) in [6.07, 6.45) is 4.62. The van der Waals surface area contributed by atoms with Crippen LogP contribution in [0.3, 0.4) is 0 Å². The first-order valence-corrected chi connectivity index (χ1v) is 6.55. The summed E-state index contributed by atoms with van der Waals surface area (Å²) in [5.41, 5.74) is 3.33. The summed E-state index contributed by atoms with van der Waals surface area (Å²) in [7, 11) is 0. The van der Waals surface area contributed by atoms with Crippen LogP contribution in [0.1, 0.15) is 24.4 Å². The Morgan fingerprint density at radius 2 is 1.95 bits per heavy atom. The van der Waals surface area contributed by atoms with E-state index >= 15 is 0 Å². The summed E-state index contributed by atoms with van der Waals surface area (Å²) in [5, 5.41) is 3.82. The van der Waals surface area contributed by atoms with Gasteiger partial charge in [0.05, 0.1) is 5.69 Å². The van der Waals surface area contributed by atoms with Crippen LogP contribution in [0.25, 0.3) is 11.3 Å². The Balaban J connectivity index is 1.75. The van der Waals surface area contributed by atoms with Gasteiger partial charge in [-0.05, 0) is 26.0 Å². The van der Waals surface area contributed by atoms with E-state index in [1.165, 1.54) is 6.26 Å². The van der Waals surface area contributed by atoms with Crippen LogP contribution >= 0.6 is 0 Å². The third-order valence-corrected chi connectivity index (χ3v) is 2.97. The molecular weight excluding hydrogens is 268 g/mol. The maximum absolute atomic E-state index is 5.61. The van der Waals surface area contributed by atoms with E-state index in [2.05, 4.69) is 20.1 Å². The molecule has 3 rings (SSSR count). The molecule has 0 bridgehead atoms. The minimum Gasteiger partial charge on any atom is -0.454 e. The van der Waals surface area contributed by atoms with Crippen LogP contribution in [-0.4, -0.2) is 20.1 Å². The van der Waals surface area contributed by atoms with Crippen molar-refractivity contribution in [3.05, 3.63) is 54.3 Å². The number of nitrogens with zero attached hydrogens (tertiary/aromatic N) is 4. The number of rotatable bonds is 4. The summed E-state index contributed by atoms with van der Waals surface area (Å²) in [4.78, 5) is 12.8. The number of hydrogen-bond donors (Lipinski definition) is 0. The lowest BCUT2D eigenvalue weighted by molar-refractivity contribution is 0.196. The molecule has 0 aliphatic heterocycles. The summed E-state index contributed by atoms with van der Waals surface area (Å²) in [6.45, 7) is 3.80.